The van der Waals surface area contributed by atoms with Gasteiger partial charge in [-0.3, -0.25) is 19.5 Å². The number of hydrogen-bond donors (Lipinski definition) is 0. The quantitative estimate of drug-likeness (QED) is 0.663. The van der Waals surface area contributed by atoms with Crippen molar-refractivity contribution < 1.29 is 22.4 Å². The van der Waals surface area contributed by atoms with Crippen molar-refractivity contribution in [3.63, 3.8) is 0 Å². The van der Waals surface area contributed by atoms with E-state index in [9.17, 15) is 22.4 Å². The molecule has 0 spiro atoms. The first kappa shape index (κ1) is 20.6. The number of pyridine rings is 1. The van der Waals surface area contributed by atoms with Gasteiger partial charge in [-0.15, -0.1) is 0 Å². The maximum Gasteiger partial charge on any atom is 0.280 e. The number of carbonyl (C=O) groups excluding carboxylic acids is 2. The molecule has 2 amide bonds. The minimum absolute atomic E-state index is 0.0321. The van der Waals surface area contributed by atoms with Crippen molar-refractivity contribution in [2.45, 2.75) is 18.4 Å². The zero-order valence-corrected chi connectivity index (χ0v) is 17.2. The number of amides is 2. The van der Waals surface area contributed by atoms with Crippen LogP contribution in [-0.4, -0.2) is 72.0 Å². The van der Waals surface area contributed by atoms with Crippen molar-refractivity contribution in [2.24, 2.45) is 0 Å². The van der Waals surface area contributed by atoms with Gasteiger partial charge >= 0.3 is 0 Å². The van der Waals surface area contributed by atoms with E-state index in [1.807, 2.05) is 6.92 Å². The van der Waals surface area contributed by atoms with Crippen LogP contribution < -0.4 is 0 Å². The van der Waals surface area contributed by atoms with Crippen LogP contribution in [0.25, 0.3) is 0 Å². The molecule has 0 bridgehead atoms. The molecule has 158 valence electrons. The average molecular weight is 432 g/mol. The van der Waals surface area contributed by atoms with Crippen LogP contribution in [0.2, 0.25) is 0 Å². The van der Waals surface area contributed by atoms with Crippen LogP contribution in [0.4, 0.5) is 4.39 Å². The molecule has 1 aromatic carbocycles. The highest BCUT2D eigenvalue weighted by molar-refractivity contribution is 7.89. The Bertz CT molecular complexity index is 1080. The Morgan fingerprint density at radius 3 is 2.47 bits per heavy atom. The number of rotatable bonds is 5. The lowest BCUT2D eigenvalue weighted by molar-refractivity contribution is 0.0639. The zero-order valence-electron chi connectivity index (χ0n) is 16.4. The molecule has 4 rings (SSSR count). The van der Waals surface area contributed by atoms with Crippen LogP contribution in [-0.2, 0) is 16.6 Å². The summed E-state index contributed by atoms with van der Waals surface area (Å²) in [6.07, 6.45) is 1.41. The van der Waals surface area contributed by atoms with Gasteiger partial charge in [-0.2, -0.15) is 4.31 Å². The molecular formula is C20H21FN4O4S. The standard InChI is InChI=1S/C20H21FN4O4S/c1-2-23-8-10-24(11-9-23)30(28,29)17-12-15(21)6-5-14(17)13-25-19(26)16-4-3-7-22-18(16)20(25)27/h3-7,12H,2,8-11,13H2,1H3. The smallest absolute Gasteiger partial charge is 0.280 e. The van der Waals surface area contributed by atoms with Crippen molar-refractivity contribution in [3.05, 3.63) is 59.2 Å². The molecular weight excluding hydrogens is 411 g/mol. The van der Waals surface area contributed by atoms with E-state index in [0.29, 0.717) is 26.2 Å². The second-order valence-electron chi connectivity index (χ2n) is 7.19. The van der Waals surface area contributed by atoms with Crippen molar-refractivity contribution in [2.75, 3.05) is 32.7 Å². The molecule has 2 aliphatic rings. The number of hydrogen-bond acceptors (Lipinski definition) is 6. The minimum Gasteiger partial charge on any atom is -0.301 e. The highest BCUT2D eigenvalue weighted by Gasteiger charge is 2.38. The van der Waals surface area contributed by atoms with Crippen molar-refractivity contribution in [1.29, 1.82) is 0 Å². The Labute approximate surface area is 174 Å². The van der Waals surface area contributed by atoms with Crippen LogP contribution in [0.3, 0.4) is 0 Å². The number of imide groups is 1. The van der Waals surface area contributed by atoms with Gasteiger partial charge in [-0.05, 0) is 36.4 Å². The van der Waals surface area contributed by atoms with Gasteiger partial charge in [0.05, 0.1) is 17.0 Å². The summed E-state index contributed by atoms with van der Waals surface area (Å²) in [5.41, 5.74) is 0.387. The predicted octanol–water partition coefficient (Wildman–Crippen LogP) is 1.34. The van der Waals surface area contributed by atoms with Crippen LogP contribution in [0.15, 0.2) is 41.4 Å². The second-order valence-corrected chi connectivity index (χ2v) is 9.09. The number of aromatic nitrogens is 1. The fourth-order valence-electron chi connectivity index (χ4n) is 3.75. The van der Waals surface area contributed by atoms with Crippen LogP contribution in [0.5, 0.6) is 0 Å². The summed E-state index contributed by atoms with van der Waals surface area (Å²) in [7, 11) is -3.99. The highest BCUT2D eigenvalue weighted by Crippen LogP contribution is 2.27. The third-order valence-corrected chi connectivity index (χ3v) is 7.47. The van der Waals surface area contributed by atoms with Gasteiger partial charge in [-0.1, -0.05) is 13.0 Å². The Kier molecular flexibility index (Phi) is 5.39. The van der Waals surface area contributed by atoms with E-state index in [4.69, 9.17) is 0 Å². The minimum atomic E-state index is -3.99. The Morgan fingerprint density at radius 1 is 1.07 bits per heavy atom. The number of benzene rings is 1. The molecule has 1 aromatic heterocycles. The lowest BCUT2D eigenvalue weighted by atomic mass is 10.2. The number of nitrogens with zero attached hydrogens (tertiary/aromatic N) is 4. The normalized spacial score (nSPS) is 18.1. The SMILES string of the molecule is CCN1CCN(S(=O)(=O)c2cc(F)ccc2CN2C(=O)c3cccnc3C2=O)CC1. The van der Waals surface area contributed by atoms with E-state index in [1.54, 1.807) is 6.07 Å². The number of halogens is 1. The molecule has 2 aromatic rings. The summed E-state index contributed by atoms with van der Waals surface area (Å²) >= 11 is 0. The van der Waals surface area contributed by atoms with Gasteiger partial charge in [0.15, 0.2) is 0 Å². The number of likely N-dealkylation sites (N-methyl/N-ethyl adjacent to an activating group) is 1. The first-order valence-corrected chi connectivity index (χ1v) is 11.1. The number of sulfonamides is 1. The molecule has 0 aliphatic carbocycles. The topological polar surface area (TPSA) is 90.9 Å². The summed E-state index contributed by atoms with van der Waals surface area (Å²) in [5.74, 6) is -1.85. The molecule has 0 atom stereocenters. The Balaban J connectivity index is 1.65. The second kappa shape index (κ2) is 7.86. The third kappa shape index (κ3) is 3.51. The maximum atomic E-state index is 14.0. The van der Waals surface area contributed by atoms with E-state index in [0.717, 1.165) is 23.6 Å². The summed E-state index contributed by atoms with van der Waals surface area (Å²) in [6.45, 7) is 4.32. The van der Waals surface area contributed by atoms with E-state index in [1.165, 1.54) is 22.6 Å². The fraction of sp³-hybridized carbons (Fsp3) is 0.350. The van der Waals surface area contributed by atoms with Gasteiger partial charge in [0, 0.05) is 32.4 Å². The monoisotopic (exact) mass is 432 g/mol. The predicted molar refractivity (Wildman–Crippen MR) is 106 cm³/mol. The molecule has 8 nitrogen and oxygen atoms in total. The van der Waals surface area contributed by atoms with Crippen molar-refractivity contribution >= 4 is 21.8 Å². The molecule has 2 aliphatic heterocycles. The van der Waals surface area contributed by atoms with E-state index in [2.05, 4.69) is 9.88 Å². The number of fused-ring (bicyclic) bond motifs is 1. The van der Waals surface area contributed by atoms with Crippen molar-refractivity contribution in [3.8, 4) is 0 Å². The first-order chi connectivity index (χ1) is 14.3. The summed E-state index contributed by atoms with van der Waals surface area (Å²) in [4.78, 5) is 32.1. The number of carbonyl (C=O) groups is 2. The molecule has 1 saturated heterocycles. The fourth-order valence-corrected chi connectivity index (χ4v) is 5.40. The molecule has 10 heteroatoms. The third-order valence-electron chi connectivity index (χ3n) is 5.48. The number of piperazine rings is 1. The molecule has 1 fully saturated rings. The first-order valence-electron chi connectivity index (χ1n) is 9.65. The maximum absolute atomic E-state index is 14.0. The molecule has 0 saturated carbocycles. The largest absolute Gasteiger partial charge is 0.301 e. The lowest BCUT2D eigenvalue weighted by Crippen LogP contribution is -2.48. The van der Waals surface area contributed by atoms with E-state index < -0.39 is 27.7 Å². The van der Waals surface area contributed by atoms with Gasteiger partial charge in [0.1, 0.15) is 11.5 Å². The molecule has 0 radical (unpaired) electrons. The Morgan fingerprint density at radius 2 is 1.80 bits per heavy atom. The lowest BCUT2D eigenvalue weighted by Gasteiger charge is -2.33. The van der Waals surface area contributed by atoms with Gasteiger partial charge < -0.3 is 4.90 Å². The van der Waals surface area contributed by atoms with Gasteiger partial charge in [0.25, 0.3) is 11.8 Å². The van der Waals surface area contributed by atoms with Crippen LogP contribution >= 0.6 is 0 Å². The van der Waals surface area contributed by atoms with Crippen LogP contribution in [0, 0.1) is 5.82 Å². The van der Waals surface area contributed by atoms with Crippen molar-refractivity contribution in [1.82, 2.24) is 19.1 Å². The summed E-state index contributed by atoms with van der Waals surface area (Å²) < 4.78 is 41.8. The van der Waals surface area contributed by atoms with E-state index >= 15 is 0 Å². The summed E-state index contributed by atoms with van der Waals surface area (Å²) in [5, 5.41) is 0. The molecule has 30 heavy (non-hydrogen) atoms. The van der Waals surface area contributed by atoms with E-state index in [-0.39, 0.29) is 28.3 Å². The van der Waals surface area contributed by atoms with Crippen LogP contribution in [0.1, 0.15) is 33.3 Å². The Hall–Kier alpha value is -2.69. The molecule has 0 unspecified atom stereocenters. The average Bonchev–Trinajstić information content (AvgIpc) is 3.00. The summed E-state index contributed by atoms with van der Waals surface area (Å²) in [6, 6.07) is 6.43. The zero-order chi connectivity index (χ0) is 21.5. The highest BCUT2D eigenvalue weighted by atomic mass is 32.2. The molecule has 3 heterocycles. The van der Waals surface area contributed by atoms with Gasteiger partial charge in [0.2, 0.25) is 10.0 Å². The molecule has 0 N–H and O–H groups in total. The van der Waals surface area contributed by atoms with Gasteiger partial charge in [-0.25, -0.2) is 12.8 Å².